The summed E-state index contributed by atoms with van der Waals surface area (Å²) in [6.07, 6.45) is 3.11. The minimum Gasteiger partial charge on any atom is -0.366 e. The van der Waals surface area contributed by atoms with E-state index in [1.54, 1.807) is 29.2 Å². The Balaban J connectivity index is 1.21. The third kappa shape index (κ3) is 8.63. The molecule has 3 aliphatic rings. The van der Waals surface area contributed by atoms with Crippen LogP contribution in [0.1, 0.15) is 67.3 Å². The number of likely N-dealkylation sites (tertiary alicyclic amines) is 2. The molecule has 2 atom stereocenters. The van der Waals surface area contributed by atoms with E-state index < -0.39 is 23.7 Å². The van der Waals surface area contributed by atoms with Crippen molar-refractivity contribution in [1.82, 2.24) is 30.0 Å². The van der Waals surface area contributed by atoms with Gasteiger partial charge in [-0.05, 0) is 109 Å². The summed E-state index contributed by atoms with van der Waals surface area (Å²) in [5, 5.41) is 8.90. The lowest BCUT2D eigenvalue weighted by molar-refractivity contribution is -0.137. The fourth-order valence-corrected chi connectivity index (χ4v) is 6.61. The van der Waals surface area contributed by atoms with E-state index in [4.69, 9.17) is 0 Å². The van der Waals surface area contributed by atoms with Crippen LogP contribution >= 0.6 is 0 Å². The lowest BCUT2D eigenvalue weighted by Gasteiger charge is -2.35. The minimum absolute atomic E-state index is 0.0195. The zero-order chi connectivity index (χ0) is 32.0. The van der Waals surface area contributed by atoms with Gasteiger partial charge in [-0.25, -0.2) is 4.98 Å². The van der Waals surface area contributed by atoms with E-state index in [2.05, 4.69) is 42.8 Å². The summed E-state index contributed by atoms with van der Waals surface area (Å²) in [5.41, 5.74) is 0.0770. The van der Waals surface area contributed by atoms with E-state index in [1.807, 2.05) is 7.05 Å². The first-order valence-electron chi connectivity index (χ1n) is 16.1. The highest BCUT2D eigenvalue weighted by Crippen LogP contribution is 2.37. The summed E-state index contributed by atoms with van der Waals surface area (Å²) < 4.78 is 41.8. The largest absolute Gasteiger partial charge is 0.421 e. The summed E-state index contributed by atoms with van der Waals surface area (Å²) >= 11 is 0. The molecule has 3 N–H and O–H groups in total. The molecule has 0 unspecified atom stereocenters. The van der Waals surface area contributed by atoms with Gasteiger partial charge in [-0.2, -0.15) is 18.2 Å². The van der Waals surface area contributed by atoms with Crippen molar-refractivity contribution in [1.29, 1.82) is 0 Å². The van der Waals surface area contributed by atoms with Gasteiger partial charge in [-0.3, -0.25) is 9.59 Å². The monoisotopic (exact) mass is 630 g/mol. The second-order valence-corrected chi connectivity index (χ2v) is 12.6. The van der Waals surface area contributed by atoms with Crippen LogP contribution in [-0.2, 0) is 11.0 Å². The number of carbonyl (C=O) groups excluding carboxylic acids is 2. The van der Waals surface area contributed by atoms with Gasteiger partial charge in [0, 0.05) is 43.1 Å². The average Bonchev–Trinajstić information content (AvgIpc) is 3.71. The predicted molar refractivity (Wildman–Crippen MR) is 167 cm³/mol. The Labute approximate surface area is 263 Å². The molecule has 1 saturated carbocycles. The molecule has 10 nitrogen and oxygen atoms in total. The van der Waals surface area contributed by atoms with Crippen molar-refractivity contribution in [3.8, 4) is 0 Å². The number of nitrogens with zero attached hydrogens (tertiary/aromatic N) is 5. The Hall–Kier alpha value is -3.45. The van der Waals surface area contributed by atoms with Crippen molar-refractivity contribution in [2.45, 2.75) is 69.6 Å². The van der Waals surface area contributed by atoms with Gasteiger partial charge in [0.1, 0.15) is 11.4 Å². The highest BCUT2D eigenvalue weighted by atomic mass is 19.4. The van der Waals surface area contributed by atoms with E-state index in [1.165, 1.54) is 12.8 Å². The average molecular weight is 631 g/mol. The van der Waals surface area contributed by atoms with Crippen LogP contribution in [0.5, 0.6) is 0 Å². The number of hydrogen-bond acceptors (Lipinski definition) is 8. The molecule has 2 amide bonds. The zero-order valence-corrected chi connectivity index (χ0v) is 26.2. The molecule has 1 aliphatic carbocycles. The second kappa shape index (κ2) is 14.8. The van der Waals surface area contributed by atoms with Crippen LogP contribution in [0.15, 0.2) is 30.5 Å². The SMILES string of the molecule is CN1CCC(N(C)C(=O)c2ccc(Nc3ncc(C(F)(F)F)c(N[C@@H]4CCC[C@@H]4C(=O)NCCCN4CCCC4)n3)cc2)CC1. The van der Waals surface area contributed by atoms with Crippen LogP contribution in [0.25, 0.3) is 0 Å². The van der Waals surface area contributed by atoms with Gasteiger partial charge in [0.05, 0.1) is 5.92 Å². The maximum absolute atomic E-state index is 13.9. The lowest BCUT2D eigenvalue weighted by Crippen LogP contribution is -2.44. The molecule has 3 fully saturated rings. The number of amides is 2. The Bertz CT molecular complexity index is 1290. The first-order chi connectivity index (χ1) is 21.6. The Morgan fingerprint density at radius 1 is 1.00 bits per heavy atom. The van der Waals surface area contributed by atoms with Gasteiger partial charge in [-0.1, -0.05) is 6.42 Å². The first-order valence-corrected chi connectivity index (χ1v) is 16.1. The molecule has 1 aromatic heterocycles. The number of hydrogen-bond donors (Lipinski definition) is 3. The first kappa shape index (κ1) is 32.9. The van der Waals surface area contributed by atoms with Crippen LogP contribution in [0, 0.1) is 5.92 Å². The van der Waals surface area contributed by atoms with E-state index >= 15 is 0 Å². The van der Waals surface area contributed by atoms with Crippen LogP contribution in [0.4, 0.5) is 30.6 Å². The maximum Gasteiger partial charge on any atom is 0.421 e. The van der Waals surface area contributed by atoms with Crippen LogP contribution in [0.3, 0.4) is 0 Å². The highest BCUT2D eigenvalue weighted by molar-refractivity contribution is 5.94. The van der Waals surface area contributed by atoms with Gasteiger partial charge in [0.2, 0.25) is 11.9 Å². The molecule has 2 aliphatic heterocycles. The van der Waals surface area contributed by atoms with Gasteiger partial charge >= 0.3 is 6.18 Å². The molecule has 1 aromatic carbocycles. The summed E-state index contributed by atoms with van der Waals surface area (Å²) in [6, 6.07) is 6.46. The summed E-state index contributed by atoms with van der Waals surface area (Å²) in [4.78, 5) is 40.6. The van der Waals surface area contributed by atoms with E-state index in [-0.39, 0.29) is 29.6 Å². The van der Waals surface area contributed by atoms with Gasteiger partial charge in [0.25, 0.3) is 5.91 Å². The van der Waals surface area contributed by atoms with Crippen LogP contribution < -0.4 is 16.0 Å². The number of anilines is 3. The maximum atomic E-state index is 13.9. The number of piperidine rings is 1. The predicted octanol–water partition coefficient (Wildman–Crippen LogP) is 4.59. The van der Waals surface area contributed by atoms with Crippen molar-refractivity contribution in [2.24, 2.45) is 5.92 Å². The van der Waals surface area contributed by atoms with Gasteiger partial charge in [0.15, 0.2) is 0 Å². The fraction of sp³-hybridized carbons (Fsp3) is 0.625. The molecule has 45 heavy (non-hydrogen) atoms. The molecule has 2 saturated heterocycles. The molecular weight excluding hydrogens is 585 g/mol. The van der Waals surface area contributed by atoms with Crippen molar-refractivity contribution in [3.63, 3.8) is 0 Å². The van der Waals surface area contributed by atoms with Crippen molar-refractivity contribution in [3.05, 3.63) is 41.6 Å². The quantitative estimate of drug-likeness (QED) is 0.310. The van der Waals surface area contributed by atoms with E-state index in [9.17, 15) is 22.8 Å². The number of aromatic nitrogens is 2. The second-order valence-electron chi connectivity index (χ2n) is 12.6. The molecule has 2 aromatic rings. The summed E-state index contributed by atoms with van der Waals surface area (Å²) in [6.45, 7) is 5.58. The van der Waals surface area contributed by atoms with Gasteiger partial charge in [-0.15, -0.1) is 0 Å². The Morgan fingerprint density at radius 3 is 2.40 bits per heavy atom. The number of halogens is 3. The third-order valence-electron chi connectivity index (χ3n) is 9.36. The van der Waals surface area contributed by atoms with Crippen LogP contribution in [0.2, 0.25) is 0 Å². The highest BCUT2D eigenvalue weighted by Gasteiger charge is 2.39. The smallest absolute Gasteiger partial charge is 0.366 e. The molecular formula is C32H45F3N8O2. The third-order valence-corrected chi connectivity index (χ3v) is 9.36. The van der Waals surface area contributed by atoms with Crippen molar-refractivity contribution < 1.29 is 22.8 Å². The zero-order valence-electron chi connectivity index (χ0n) is 26.2. The van der Waals surface area contributed by atoms with Crippen molar-refractivity contribution in [2.75, 3.05) is 64.0 Å². The number of benzene rings is 1. The molecule has 13 heteroatoms. The molecule has 0 spiro atoms. The normalized spacial score (nSPS) is 21.5. The fourth-order valence-electron chi connectivity index (χ4n) is 6.61. The van der Waals surface area contributed by atoms with Gasteiger partial charge < -0.3 is 30.7 Å². The van der Waals surface area contributed by atoms with E-state index in [0.717, 1.165) is 64.6 Å². The minimum atomic E-state index is -4.67. The number of carbonyl (C=O) groups is 2. The molecule has 3 heterocycles. The van der Waals surface area contributed by atoms with Crippen LogP contribution in [-0.4, -0.2) is 102 Å². The molecule has 0 bridgehead atoms. The topological polar surface area (TPSA) is 106 Å². The van der Waals surface area contributed by atoms with E-state index in [0.29, 0.717) is 30.6 Å². The Morgan fingerprint density at radius 2 is 1.71 bits per heavy atom. The standard InChI is InChI=1S/C32H45F3N8O2/c1-41-19-13-24(14-20-41)42(2)30(45)22-9-11-23(12-10-22)38-31-37-21-26(32(33,34)35)28(40-31)39-27-8-5-7-25(27)29(44)36-15-6-18-43-16-3-4-17-43/h9-12,21,24-25,27H,3-8,13-20H2,1-2H3,(H,36,44)(H2,37,38,39,40)/t25-,27+/m0/s1. The summed E-state index contributed by atoms with van der Waals surface area (Å²) in [7, 11) is 3.90. The molecule has 0 radical (unpaired) electrons. The number of nitrogens with one attached hydrogen (secondary N) is 3. The Kier molecular flexibility index (Phi) is 10.8. The number of alkyl halides is 3. The number of rotatable bonds is 11. The summed E-state index contributed by atoms with van der Waals surface area (Å²) in [5.74, 6) is -1.03. The molecule has 246 valence electrons. The lowest BCUT2D eigenvalue weighted by atomic mass is 10.0. The molecule has 5 rings (SSSR count). The van der Waals surface area contributed by atoms with Crippen molar-refractivity contribution >= 4 is 29.3 Å².